The number of nitrogens with zero attached hydrogens (tertiary/aromatic N) is 2. The predicted molar refractivity (Wildman–Crippen MR) is 64.0 cm³/mol. The minimum atomic E-state index is -1.02. The average Bonchev–Trinajstić information content (AvgIpc) is 2.32. The van der Waals surface area contributed by atoms with Gasteiger partial charge in [0.2, 0.25) is 5.91 Å². The van der Waals surface area contributed by atoms with Crippen LogP contribution in [0.15, 0.2) is 29.9 Å². The minimum absolute atomic E-state index is 0.188. The zero-order valence-corrected chi connectivity index (χ0v) is 9.68. The highest BCUT2D eigenvalue weighted by Gasteiger charge is 2.25. The van der Waals surface area contributed by atoms with Crippen molar-refractivity contribution in [3.63, 3.8) is 0 Å². The fourth-order valence-electron chi connectivity index (χ4n) is 1.52. The molecule has 0 aromatic carbocycles. The monoisotopic (exact) mass is 250 g/mol. The van der Waals surface area contributed by atoms with E-state index in [4.69, 9.17) is 5.11 Å². The summed E-state index contributed by atoms with van der Waals surface area (Å²) in [5.74, 6) is -0.932. The van der Waals surface area contributed by atoms with E-state index in [0.717, 1.165) is 5.56 Å². The molecule has 6 heteroatoms. The standard InChI is InChI=1S/C11H10N2O3S/c14-10-7-17-6-9(13(10)5-11(15)16)8-1-3-12-4-2-8/h1-4,6H,5,7H2,(H,15,16). The fourth-order valence-corrected chi connectivity index (χ4v) is 2.33. The molecule has 0 radical (unpaired) electrons. The Hall–Kier alpha value is -1.82. The van der Waals surface area contributed by atoms with Crippen LogP contribution in [-0.2, 0) is 9.59 Å². The molecule has 0 fully saturated rings. The number of pyridine rings is 1. The Morgan fingerprint density at radius 3 is 2.82 bits per heavy atom. The third kappa shape index (κ3) is 2.65. The van der Waals surface area contributed by atoms with Gasteiger partial charge < -0.3 is 5.11 Å². The molecule has 5 nitrogen and oxygen atoms in total. The maximum absolute atomic E-state index is 11.7. The molecule has 2 heterocycles. The Kier molecular flexibility index (Phi) is 3.43. The maximum atomic E-state index is 11.7. The number of hydrogen-bond acceptors (Lipinski definition) is 4. The quantitative estimate of drug-likeness (QED) is 0.868. The molecule has 0 atom stereocenters. The highest BCUT2D eigenvalue weighted by molar-refractivity contribution is 8.03. The van der Waals surface area contributed by atoms with Gasteiger partial charge in [-0.1, -0.05) is 0 Å². The molecule has 1 aromatic rings. The lowest BCUT2D eigenvalue weighted by Gasteiger charge is -2.26. The molecular formula is C11H10N2O3S. The number of aromatic nitrogens is 1. The molecule has 2 rings (SSSR count). The van der Waals surface area contributed by atoms with Crippen LogP contribution in [0.4, 0.5) is 0 Å². The van der Waals surface area contributed by atoms with Crippen molar-refractivity contribution in [1.82, 2.24) is 9.88 Å². The van der Waals surface area contributed by atoms with Crippen molar-refractivity contribution in [3.8, 4) is 0 Å². The third-order valence-electron chi connectivity index (χ3n) is 2.26. The number of aliphatic carboxylic acids is 1. The smallest absolute Gasteiger partial charge is 0.323 e. The van der Waals surface area contributed by atoms with Crippen LogP contribution in [0.3, 0.4) is 0 Å². The van der Waals surface area contributed by atoms with E-state index in [0.29, 0.717) is 5.70 Å². The van der Waals surface area contributed by atoms with Gasteiger partial charge in [0.25, 0.3) is 0 Å². The summed E-state index contributed by atoms with van der Waals surface area (Å²) in [4.78, 5) is 27.6. The van der Waals surface area contributed by atoms with Crippen molar-refractivity contribution in [2.24, 2.45) is 0 Å². The van der Waals surface area contributed by atoms with Gasteiger partial charge in [-0.3, -0.25) is 19.5 Å². The largest absolute Gasteiger partial charge is 0.480 e. The Labute approximate surface area is 102 Å². The fraction of sp³-hybridized carbons (Fsp3) is 0.182. The van der Waals surface area contributed by atoms with Gasteiger partial charge in [-0.25, -0.2) is 0 Å². The van der Waals surface area contributed by atoms with E-state index in [-0.39, 0.29) is 18.2 Å². The first kappa shape index (κ1) is 11.7. The molecule has 17 heavy (non-hydrogen) atoms. The molecule has 88 valence electrons. The normalized spacial score (nSPS) is 15.6. The number of amides is 1. The molecule has 0 saturated carbocycles. The number of carboxylic acid groups (broad SMARTS) is 1. The average molecular weight is 250 g/mol. The summed E-state index contributed by atoms with van der Waals surface area (Å²) in [6, 6.07) is 3.50. The van der Waals surface area contributed by atoms with Gasteiger partial charge in [0.05, 0.1) is 11.4 Å². The topological polar surface area (TPSA) is 70.5 Å². The zero-order valence-electron chi connectivity index (χ0n) is 8.87. The summed E-state index contributed by atoms with van der Waals surface area (Å²) in [6.45, 7) is -0.312. The molecule has 0 saturated heterocycles. The SMILES string of the molecule is O=C(O)CN1C(=O)CSC=C1c1ccncc1. The van der Waals surface area contributed by atoms with E-state index in [1.807, 2.05) is 0 Å². The first-order valence-corrected chi connectivity index (χ1v) is 5.97. The highest BCUT2D eigenvalue weighted by atomic mass is 32.2. The summed E-state index contributed by atoms with van der Waals surface area (Å²) in [7, 11) is 0. The second-order valence-electron chi connectivity index (χ2n) is 3.42. The molecular weight excluding hydrogens is 240 g/mol. The van der Waals surface area contributed by atoms with Crippen molar-refractivity contribution in [2.75, 3.05) is 12.3 Å². The van der Waals surface area contributed by atoms with Crippen molar-refractivity contribution >= 4 is 29.3 Å². The lowest BCUT2D eigenvalue weighted by atomic mass is 10.2. The molecule has 1 amide bonds. The first-order valence-electron chi connectivity index (χ1n) is 4.93. The van der Waals surface area contributed by atoms with Crippen LogP contribution in [0, 0.1) is 0 Å². The molecule has 1 aliphatic heterocycles. The van der Waals surface area contributed by atoms with E-state index >= 15 is 0 Å². The van der Waals surface area contributed by atoms with Crippen LogP contribution in [0.1, 0.15) is 5.56 Å². The van der Waals surface area contributed by atoms with E-state index in [1.54, 1.807) is 29.9 Å². The van der Waals surface area contributed by atoms with Crippen molar-refractivity contribution in [2.45, 2.75) is 0 Å². The Balaban J connectivity index is 2.33. The summed E-state index contributed by atoms with van der Waals surface area (Å²) < 4.78 is 0. The third-order valence-corrected chi connectivity index (χ3v) is 3.07. The molecule has 0 aliphatic carbocycles. The summed E-state index contributed by atoms with van der Waals surface area (Å²) >= 11 is 1.37. The minimum Gasteiger partial charge on any atom is -0.480 e. The number of rotatable bonds is 3. The van der Waals surface area contributed by atoms with Gasteiger partial charge in [0.15, 0.2) is 0 Å². The van der Waals surface area contributed by atoms with Crippen LogP contribution in [0.2, 0.25) is 0 Å². The zero-order chi connectivity index (χ0) is 12.3. The summed E-state index contributed by atoms with van der Waals surface area (Å²) in [5, 5.41) is 10.6. The van der Waals surface area contributed by atoms with E-state index in [2.05, 4.69) is 4.98 Å². The summed E-state index contributed by atoms with van der Waals surface area (Å²) in [5.41, 5.74) is 1.41. The number of carbonyl (C=O) groups excluding carboxylic acids is 1. The van der Waals surface area contributed by atoms with Gasteiger partial charge in [0.1, 0.15) is 6.54 Å². The Morgan fingerprint density at radius 1 is 1.47 bits per heavy atom. The maximum Gasteiger partial charge on any atom is 0.323 e. The second kappa shape index (κ2) is 5.01. The van der Waals surface area contributed by atoms with Crippen molar-refractivity contribution < 1.29 is 14.7 Å². The number of hydrogen-bond donors (Lipinski definition) is 1. The molecule has 1 N–H and O–H groups in total. The molecule has 1 aromatic heterocycles. The van der Waals surface area contributed by atoms with Gasteiger partial charge in [-0.2, -0.15) is 0 Å². The molecule has 0 unspecified atom stereocenters. The van der Waals surface area contributed by atoms with Crippen LogP contribution >= 0.6 is 11.8 Å². The summed E-state index contributed by atoms with van der Waals surface area (Å²) in [6.07, 6.45) is 3.22. The molecule has 0 bridgehead atoms. The van der Waals surface area contributed by atoms with E-state index < -0.39 is 5.97 Å². The van der Waals surface area contributed by atoms with Crippen molar-refractivity contribution in [3.05, 3.63) is 35.5 Å². The van der Waals surface area contributed by atoms with Gasteiger partial charge >= 0.3 is 5.97 Å². The first-order chi connectivity index (χ1) is 8.18. The number of carbonyl (C=O) groups is 2. The van der Waals surface area contributed by atoms with E-state index in [9.17, 15) is 9.59 Å². The Bertz CT molecular complexity index is 473. The number of thioether (sulfide) groups is 1. The lowest BCUT2D eigenvalue weighted by molar-refractivity contribution is -0.141. The number of carboxylic acids is 1. The van der Waals surface area contributed by atoms with Gasteiger partial charge in [-0.05, 0) is 17.5 Å². The van der Waals surface area contributed by atoms with Gasteiger partial charge in [0, 0.05) is 18.0 Å². The van der Waals surface area contributed by atoms with Crippen molar-refractivity contribution in [1.29, 1.82) is 0 Å². The second-order valence-corrected chi connectivity index (χ2v) is 4.28. The van der Waals surface area contributed by atoms with Crippen LogP contribution in [0.5, 0.6) is 0 Å². The molecule has 0 spiro atoms. The Morgan fingerprint density at radius 2 is 2.18 bits per heavy atom. The van der Waals surface area contributed by atoms with Crippen LogP contribution in [-0.4, -0.2) is 39.2 Å². The van der Waals surface area contributed by atoms with E-state index in [1.165, 1.54) is 16.7 Å². The van der Waals surface area contributed by atoms with Crippen LogP contribution < -0.4 is 0 Å². The van der Waals surface area contributed by atoms with Crippen LogP contribution in [0.25, 0.3) is 5.70 Å². The predicted octanol–water partition coefficient (Wildman–Crippen LogP) is 1.04. The lowest BCUT2D eigenvalue weighted by Crippen LogP contribution is -2.37. The molecule has 1 aliphatic rings. The highest BCUT2D eigenvalue weighted by Crippen LogP contribution is 2.27. The van der Waals surface area contributed by atoms with Gasteiger partial charge in [-0.15, -0.1) is 11.8 Å².